The van der Waals surface area contributed by atoms with Crippen LogP contribution in [0.25, 0.3) is 0 Å². The number of alkyl carbamates (subject to hydrolysis) is 1. The van der Waals surface area contributed by atoms with E-state index in [0.29, 0.717) is 38.6 Å². The summed E-state index contributed by atoms with van der Waals surface area (Å²) < 4.78 is 43.8. The highest BCUT2D eigenvalue weighted by Gasteiger charge is 2.49. The van der Waals surface area contributed by atoms with Crippen LogP contribution in [0.5, 0.6) is 0 Å². The van der Waals surface area contributed by atoms with E-state index in [1.165, 1.54) is 0 Å². The van der Waals surface area contributed by atoms with Crippen molar-refractivity contribution in [2.24, 2.45) is 0 Å². The molecule has 44 heavy (non-hydrogen) atoms. The normalized spacial score (nSPS) is 23.5. The van der Waals surface area contributed by atoms with Crippen molar-refractivity contribution in [2.75, 3.05) is 39.6 Å². The first kappa shape index (κ1) is 40.5. The van der Waals surface area contributed by atoms with Crippen LogP contribution in [0.4, 0.5) is 4.79 Å². The SMILES string of the molecule is C=C=C(C)[C@@H](O)[C@H](CO[C@H]1OC(COCCCC)[C@H](OCCCC)C(OCCCC)C1OCCCC)NC(=O)OC(C)(C)C. The van der Waals surface area contributed by atoms with Crippen molar-refractivity contribution in [1.82, 2.24) is 5.32 Å². The van der Waals surface area contributed by atoms with Gasteiger partial charge in [0.15, 0.2) is 6.29 Å². The molecule has 0 aromatic carbocycles. The van der Waals surface area contributed by atoms with Crippen molar-refractivity contribution in [3.05, 3.63) is 17.9 Å². The standard InChI is InChI=1S/C34H63NO9/c1-10-15-19-38-24-27-29(39-20-16-11-2)30(40-21-17-12-3)31(41-22-18-13-4)32(43-27)42-23-26(28(36)25(6)14-5)35-33(37)44-34(7,8)9/h26-32,36H,5,10-13,15-24H2,1-4,6-9H3,(H,35,37)/t26-,27?,28+,29-,30?,31?,32-/m0/s1. The molecule has 0 aromatic rings. The van der Waals surface area contributed by atoms with Crippen molar-refractivity contribution >= 4 is 6.09 Å². The number of aliphatic hydroxyl groups is 1. The molecule has 10 heteroatoms. The maximum absolute atomic E-state index is 12.7. The highest BCUT2D eigenvalue weighted by Crippen LogP contribution is 2.30. The molecule has 1 fully saturated rings. The van der Waals surface area contributed by atoms with Crippen LogP contribution < -0.4 is 5.32 Å². The van der Waals surface area contributed by atoms with Gasteiger partial charge in [0.2, 0.25) is 0 Å². The summed E-state index contributed by atoms with van der Waals surface area (Å²) in [6.07, 6.45) is 2.98. The van der Waals surface area contributed by atoms with E-state index in [1.807, 2.05) is 0 Å². The molecule has 7 atom stereocenters. The number of ether oxygens (including phenoxy) is 7. The zero-order chi connectivity index (χ0) is 33.0. The van der Waals surface area contributed by atoms with Crippen LogP contribution >= 0.6 is 0 Å². The fraction of sp³-hybridized carbons (Fsp3) is 0.882. The molecule has 0 aliphatic carbocycles. The predicted molar refractivity (Wildman–Crippen MR) is 172 cm³/mol. The molecular weight excluding hydrogens is 566 g/mol. The summed E-state index contributed by atoms with van der Waals surface area (Å²) in [5.74, 6) is 0. The zero-order valence-corrected chi connectivity index (χ0v) is 28.9. The average Bonchev–Trinajstić information content (AvgIpc) is 2.97. The molecule has 1 amide bonds. The second kappa shape index (κ2) is 22.9. The van der Waals surface area contributed by atoms with E-state index >= 15 is 0 Å². The second-order valence-corrected chi connectivity index (χ2v) is 12.4. The Morgan fingerprint density at radius 2 is 1.39 bits per heavy atom. The first-order valence-electron chi connectivity index (χ1n) is 16.8. The number of carbonyl (C=O) groups is 1. The Bertz CT molecular complexity index is 811. The third-order valence-corrected chi connectivity index (χ3v) is 7.19. The third-order valence-electron chi connectivity index (χ3n) is 7.19. The highest BCUT2D eigenvalue weighted by atomic mass is 16.7. The van der Waals surface area contributed by atoms with Gasteiger partial charge in [0.1, 0.15) is 36.1 Å². The Kier molecular flexibility index (Phi) is 21.1. The number of rotatable bonds is 23. The molecule has 1 heterocycles. The summed E-state index contributed by atoms with van der Waals surface area (Å²) in [7, 11) is 0. The third kappa shape index (κ3) is 15.7. The minimum absolute atomic E-state index is 0.0931. The summed E-state index contributed by atoms with van der Waals surface area (Å²) in [4.78, 5) is 12.7. The lowest BCUT2D eigenvalue weighted by molar-refractivity contribution is -0.325. The van der Waals surface area contributed by atoms with E-state index in [9.17, 15) is 9.90 Å². The van der Waals surface area contributed by atoms with Gasteiger partial charge < -0.3 is 43.6 Å². The van der Waals surface area contributed by atoms with Gasteiger partial charge in [0.05, 0.1) is 19.3 Å². The minimum Gasteiger partial charge on any atom is -0.444 e. The van der Waals surface area contributed by atoms with Gasteiger partial charge in [-0.3, -0.25) is 0 Å². The maximum Gasteiger partial charge on any atom is 0.408 e. The Morgan fingerprint density at radius 1 is 0.864 bits per heavy atom. The fourth-order valence-electron chi connectivity index (χ4n) is 4.53. The number of unbranched alkanes of at least 4 members (excludes halogenated alkanes) is 4. The molecule has 1 aliphatic rings. The molecule has 0 radical (unpaired) electrons. The van der Waals surface area contributed by atoms with Crippen molar-refractivity contribution in [1.29, 1.82) is 0 Å². The lowest BCUT2D eigenvalue weighted by Gasteiger charge is -2.46. The molecule has 0 bridgehead atoms. The minimum atomic E-state index is -1.11. The lowest BCUT2D eigenvalue weighted by atomic mass is 9.97. The topological polar surface area (TPSA) is 114 Å². The molecule has 1 aliphatic heterocycles. The van der Waals surface area contributed by atoms with Crippen LogP contribution in [-0.4, -0.2) is 99.3 Å². The zero-order valence-electron chi connectivity index (χ0n) is 28.9. The summed E-state index contributed by atoms with van der Waals surface area (Å²) >= 11 is 0. The molecule has 0 aromatic heterocycles. The van der Waals surface area contributed by atoms with Crippen LogP contribution in [0.3, 0.4) is 0 Å². The fourth-order valence-corrected chi connectivity index (χ4v) is 4.53. The maximum atomic E-state index is 12.7. The first-order valence-corrected chi connectivity index (χ1v) is 16.8. The average molecular weight is 630 g/mol. The molecule has 0 saturated carbocycles. The molecule has 1 saturated heterocycles. The second-order valence-electron chi connectivity index (χ2n) is 12.4. The Morgan fingerprint density at radius 3 is 1.91 bits per heavy atom. The van der Waals surface area contributed by atoms with Crippen LogP contribution in [0.1, 0.15) is 107 Å². The largest absolute Gasteiger partial charge is 0.444 e. The monoisotopic (exact) mass is 629 g/mol. The van der Waals surface area contributed by atoms with Gasteiger partial charge in [-0.15, -0.1) is 5.73 Å². The molecule has 0 spiro atoms. The van der Waals surface area contributed by atoms with Gasteiger partial charge in [-0.1, -0.05) is 60.0 Å². The van der Waals surface area contributed by atoms with Gasteiger partial charge in [0.25, 0.3) is 0 Å². The summed E-state index contributed by atoms with van der Waals surface area (Å²) in [6, 6.07) is -0.865. The van der Waals surface area contributed by atoms with E-state index in [0.717, 1.165) is 51.4 Å². The molecule has 1 rings (SSSR count). The highest BCUT2D eigenvalue weighted by molar-refractivity contribution is 5.68. The van der Waals surface area contributed by atoms with Gasteiger partial charge in [-0.2, -0.15) is 0 Å². The smallest absolute Gasteiger partial charge is 0.408 e. The van der Waals surface area contributed by atoms with Gasteiger partial charge >= 0.3 is 6.09 Å². The first-order chi connectivity index (χ1) is 21.0. The van der Waals surface area contributed by atoms with E-state index < -0.39 is 54.5 Å². The van der Waals surface area contributed by atoms with Crippen LogP contribution in [0.2, 0.25) is 0 Å². The van der Waals surface area contributed by atoms with E-state index in [1.54, 1.807) is 27.7 Å². The lowest BCUT2D eigenvalue weighted by Crippen LogP contribution is -2.62. The number of amides is 1. The summed E-state index contributed by atoms with van der Waals surface area (Å²) in [6.45, 7) is 21.6. The molecule has 3 unspecified atom stereocenters. The number of nitrogens with one attached hydrogen (secondary N) is 1. The summed E-state index contributed by atoms with van der Waals surface area (Å²) in [5.41, 5.74) is 2.46. The van der Waals surface area contributed by atoms with Crippen LogP contribution in [0.15, 0.2) is 17.9 Å². The number of hydrogen-bond acceptors (Lipinski definition) is 9. The Hall–Kier alpha value is -1.49. The summed E-state index contributed by atoms with van der Waals surface area (Å²) in [5, 5.41) is 13.8. The molecule has 10 nitrogen and oxygen atoms in total. The van der Waals surface area contributed by atoms with Crippen LogP contribution in [0, 0.1) is 0 Å². The van der Waals surface area contributed by atoms with Gasteiger partial charge in [0, 0.05) is 26.4 Å². The Labute approximate surface area is 267 Å². The molecule has 2 N–H and O–H groups in total. The van der Waals surface area contributed by atoms with Crippen LogP contribution in [-0.2, 0) is 33.2 Å². The van der Waals surface area contributed by atoms with Crippen molar-refractivity contribution in [2.45, 2.75) is 155 Å². The molecule has 258 valence electrons. The number of hydrogen-bond donors (Lipinski definition) is 2. The molecular formula is C34H63NO9. The predicted octanol–water partition coefficient (Wildman–Crippen LogP) is 6.09. The van der Waals surface area contributed by atoms with Gasteiger partial charge in [-0.25, -0.2) is 4.79 Å². The van der Waals surface area contributed by atoms with Gasteiger partial charge in [-0.05, 0) is 59.0 Å². The van der Waals surface area contributed by atoms with Crippen molar-refractivity contribution in [3.8, 4) is 0 Å². The Balaban J connectivity index is 3.36. The van der Waals surface area contributed by atoms with E-state index in [-0.39, 0.29) is 6.61 Å². The number of carbonyl (C=O) groups excluding carboxylic acids is 1. The van der Waals surface area contributed by atoms with E-state index in [4.69, 9.17) is 33.2 Å². The van der Waals surface area contributed by atoms with Crippen molar-refractivity contribution in [3.63, 3.8) is 0 Å². The van der Waals surface area contributed by atoms with Crippen molar-refractivity contribution < 1.29 is 43.1 Å². The number of aliphatic hydroxyl groups excluding tert-OH is 1. The van der Waals surface area contributed by atoms with E-state index in [2.05, 4.69) is 45.3 Å². The quantitative estimate of drug-likeness (QED) is 0.102.